The number of methoxy groups -OCH3 is 2. The summed E-state index contributed by atoms with van der Waals surface area (Å²) in [5.41, 5.74) is 9.40. The third kappa shape index (κ3) is 7.21. The molecule has 0 saturated heterocycles. The lowest BCUT2D eigenvalue weighted by Gasteiger charge is -2.14. The number of aromatic nitrogens is 2. The van der Waals surface area contributed by atoms with Crippen LogP contribution in [0.5, 0.6) is 11.5 Å². The zero-order valence-corrected chi connectivity index (χ0v) is 22.7. The molecule has 0 bridgehead atoms. The number of halogens is 1. The van der Waals surface area contributed by atoms with Crippen molar-refractivity contribution in [1.82, 2.24) is 9.97 Å². The summed E-state index contributed by atoms with van der Waals surface area (Å²) in [7, 11) is 3.23. The van der Waals surface area contributed by atoms with E-state index in [0.29, 0.717) is 46.3 Å². The molecule has 0 saturated carbocycles. The molecule has 0 aliphatic carbocycles. The fourth-order valence-corrected chi connectivity index (χ4v) is 4.06. The summed E-state index contributed by atoms with van der Waals surface area (Å²) < 4.78 is 11.5. The second-order valence-corrected chi connectivity index (χ2v) is 9.27. The summed E-state index contributed by atoms with van der Waals surface area (Å²) in [6.07, 6.45) is 2.12. The smallest absolute Gasteiger partial charge is 0.241 e. The van der Waals surface area contributed by atoms with Gasteiger partial charge >= 0.3 is 0 Å². The van der Waals surface area contributed by atoms with Gasteiger partial charge in [0.05, 0.1) is 24.7 Å². The van der Waals surface area contributed by atoms with Gasteiger partial charge in [0.1, 0.15) is 17.3 Å². The predicted octanol–water partition coefficient (Wildman–Crippen LogP) is 5.12. The Labute approximate surface area is 229 Å². The fraction of sp³-hybridized carbons (Fsp3) is 0.179. The number of carbonyl (C=O) groups is 1. The molecule has 10 heteroatoms. The zero-order chi connectivity index (χ0) is 26.9. The van der Waals surface area contributed by atoms with Crippen LogP contribution < -0.4 is 31.2 Å². The van der Waals surface area contributed by atoms with Crippen molar-refractivity contribution in [3.63, 3.8) is 0 Å². The molecule has 38 heavy (non-hydrogen) atoms. The minimum atomic E-state index is -0.665. The maximum absolute atomic E-state index is 12.6. The number of nitrogens with zero attached hydrogens (tertiary/aromatic N) is 2. The number of carbonyl (C=O) groups excluding carboxylic acids is 1. The van der Waals surface area contributed by atoms with Gasteiger partial charge in [-0.2, -0.15) is 4.98 Å². The van der Waals surface area contributed by atoms with Crippen molar-refractivity contribution in [1.29, 1.82) is 0 Å². The second-order valence-electron chi connectivity index (χ2n) is 8.41. The first-order chi connectivity index (χ1) is 18.4. The number of nitrogens with one attached hydrogen (secondary N) is 3. The Morgan fingerprint density at radius 3 is 2.55 bits per heavy atom. The Morgan fingerprint density at radius 2 is 1.79 bits per heavy atom. The van der Waals surface area contributed by atoms with Crippen LogP contribution in [-0.4, -0.2) is 36.1 Å². The molecule has 0 aliphatic heterocycles. The summed E-state index contributed by atoms with van der Waals surface area (Å²) in [5.74, 6) is 2.17. The number of rotatable bonds is 11. The van der Waals surface area contributed by atoms with E-state index in [-0.39, 0.29) is 5.91 Å². The zero-order valence-electron chi connectivity index (χ0n) is 21.1. The van der Waals surface area contributed by atoms with Gasteiger partial charge in [-0.1, -0.05) is 36.4 Å². The molecule has 0 fully saturated rings. The van der Waals surface area contributed by atoms with Crippen molar-refractivity contribution in [3.8, 4) is 11.5 Å². The average molecular weight is 577 g/mol. The largest absolute Gasteiger partial charge is 0.497 e. The first-order valence-electron chi connectivity index (χ1n) is 11.9. The van der Waals surface area contributed by atoms with Crippen molar-refractivity contribution in [2.75, 3.05) is 30.2 Å². The Balaban J connectivity index is 1.40. The predicted molar refractivity (Wildman–Crippen MR) is 153 cm³/mol. The molecule has 4 rings (SSSR count). The molecule has 4 aromatic rings. The van der Waals surface area contributed by atoms with Gasteiger partial charge in [-0.3, -0.25) is 4.79 Å². The molecule has 0 aliphatic rings. The molecule has 1 aromatic heterocycles. The van der Waals surface area contributed by atoms with E-state index >= 15 is 0 Å². The Bertz CT molecular complexity index is 1390. The molecule has 1 amide bonds. The average Bonchev–Trinajstić information content (AvgIpc) is 2.94. The van der Waals surface area contributed by atoms with E-state index in [1.54, 1.807) is 32.5 Å². The van der Waals surface area contributed by atoms with E-state index < -0.39 is 6.04 Å². The monoisotopic (exact) mass is 576 g/mol. The molecule has 9 nitrogen and oxygen atoms in total. The van der Waals surface area contributed by atoms with Crippen LogP contribution in [-0.2, 0) is 17.8 Å². The number of hydrogen-bond donors (Lipinski definition) is 4. The highest BCUT2D eigenvalue weighted by atomic mass is 79.9. The number of ether oxygens (including phenoxy) is 2. The Hall–Kier alpha value is -4.15. The lowest BCUT2D eigenvalue weighted by molar-refractivity contribution is -0.117. The topological polar surface area (TPSA) is 123 Å². The standard InChI is InChI=1S/C28H29BrN6O3/c1-37-22-12-11-19(25(15-22)38-2)16-31-26-23(29)17-32-28(35-26)34-21-10-6-9-20(14-21)33-27(36)24(30)13-18-7-4-3-5-8-18/h3-12,14-15,17,24H,13,16,30H2,1-2H3,(H,33,36)(H2,31,32,34,35). The van der Waals surface area contributed by atoms with Gasteiger partial charge in [0.15, 0.2) is 0 Å². The van der Waals surface area contributed by atoms with E-state index in [0.717, 1.165) is 16.9 Å². The number of benzene rings is 3. The quantitative estimate of drug-likeness (QED) is 0.194. The number of anilines is 4. The second kappa shape index (κ2) is 12.9. The summed E-state index contributed by atoms with van der Waals surface area (Å²) in [6, 6.07) is 22.0. The first kappa shape index (κ1) is 26.9. The van der Waals surface area contributed by atoms with E-state index in [4.69, 9.17) is 15.2 Å². The SMILES string of the molecule is COc1ccc(CNc2nc(Nc3cccc(NC(=O)C(N)Cc4ccccc4)c3)ncc2Br)c(OC)c1. The number of hydrogen-bond acceptors (Lipinski definition) is 8. The van der Waals surface area contributed by atoms with Crippen LogP contribution >= 0.6 is 15.9 Å². The highest BCUT2D eigenvalue weighted by molar-refractivity contribution is 9.10. The minimum Gasteiger partial charge on any atom is -0.497 e. The molecular weight excluding hydrogens is 548 g/mol. The van der Waals surface area contributed by atoms with Crippen molar-refractivity contribution in [2.45, 2.75) is 19.0 Å². The first-order valence-corrected chi connectivity index (χ1v) is 12.7. The molecule has 1 heterocycles. The van der Waals surface area contributed by atoms with Crippen LogP contribution in [0.2, 0.25) is 0 Å². The normalized spacial score (nSPS) is 11.4. The number of nitrogens with two attached hydrogens (primary N) is 1. The van der Waals surface area contributed by atoms with Gasteiger partial charge < -0.3 is 31.2 Å². The number of amides is 1. The van der Waals surface area contributed by atoms with Gasteiger partial charge in [0.25, 0.3) is 0 Å². The lowest BCUT2D eigenvalue weighted by atomic mass is 10.1. The summed E-state index contributed by atoms with van der Waals surface area (Å²) in [6.45, 7) is 0.479. The minimum absolute atomic E-state index is 0.258. The van der Waals surface area contributed by atoms with E-state index in [1.165, 1.54) is 0 Å². The lowest BCUT2D eigenvalue weighted by Crippen LogP contribution is -2.37. The maximum Gasteiger partial charge on any atom is 0.241 e. The maximum atomic E-state index is 12.6. The molecule has 5 N–H and O–H groups in total. The van der Waals surface area contributed by atoms with Crippen LogP contribution in [0.4, 0.5) is 23.1 Å². The highest BCUT2D eigenvalue weighted by Gasteiger charge is 2.15. The van der Waals surface area contributed by atoms with Crippen LogP contribution in [0.1, 0.15) is 11.1 Å². The third-order valence-corrected chi connectivity index (χ3v) is 6.29. The molecular formula is C28H29BrN6O3. The van der Waals surface area contributed by atoms with Gasteiger partial charge in [0.2, 0.25) is 11.9 Å². The molecule has 1 atom stereocenters. The van der Waals surface area contributed by atoms with Crippen LogP contribution in [0.25, 0.3) is 0 Å². The third-order valence-electron chi connectivity index (χ3n) is 5.71. The van der Waals surface area contributed by atoms with Crippen molar-refractivity contribution in [2.24, 2.45) is 5.73 Å². The highest BCUT2D eigenvalue weighted by Crippen LogP contribution is 2.27. The summed E-state index contributed by atoms with van der Waals surface area (Å²) >= 11 is 3.50. The molecule has 0 radical (unpaired) electrons. The van der Waals surface area contributed by atoms with Crippen molar-refractivity contribution >= 4 is 45.0 Å². The van der Waals surface area contributed by atoms with Gasteiger partial charge in [0, 0.05) is 35.7 Å². The van der Waals surface area contributed by atoms with Gasteiger partial charge in [-0.25, -0.2) is 4.98 Å². The van der Waals surface area contributed by atoms with Gasteiger partial charge in [-0.15, -0.1) is 0 Å². The van der Waals surface area contributed by atoms with Crippen LogP contribution in [0.3, 0.4) is 0 Å². The van der Waals surface area contributed by atoms with E-state index in [9.17, 15) is 4.79 Å². The van der Waals surface area contributed by atoms with Crippen LogP contribution in [0.15, 0.2) is 83.5 Å². The van der Waals surface area contributed by atoms with Crippen molar-refractivity contribution in [3.05, 3.63) is 94.6 Å². The van der Waals surface area contributed by atoms with E-state index in [1.807, 2.05) is 60.7 Å². The molecule has 0 spiro atoms. The Kier molecular flexibility index (Phi) is 9.12. The Morgan fingerprint density at radius 1 is 1.00 bits per heavy atom. The molecule has 196 valence electrons. The summed E-state index contributed by atoms with van der Waals surface area (Å²) in [5, 5.41) is 9.37. The summed E-state index contributed by atoms with van der Waals surface area (Å²) in [4.78, 5) is 21.6. The van der Waals surface area contributed by atoms with Crippen LogP contribution in [0, 0.1) is 0 Å². The van der Waals surface area contributed by atoms with Crippen molar-refractivity contribution < 1.29 is 14.3 Å². The van der Waals surface area contributed by atoms with Gasteiger partial charge in [-0.05, 0) is 58.2 Å². The fourth-order valence-electron chi connectivity index (χ4n) is 3.73. The molecule has 1 unspecified atom stereocenters. The van der Waals surface area contributed by atoms with E-state index in [2.05, 4.69) is 41.8 Å². The molecule has 3 aromatic carbocycles.